The second kappa shape index (κ2) is 3.73. The number of aliphatic hydroxyl groups excluding tert-OH is 1. The van der Waals surface area contributed by atoms with Crippen LogP contribution in [0.15, 0.2) is 23.8 Å². The van der Waals surface area contributed by atoms with E-state index in [0.29, 0.717) is 5.92 Å². The highest BCUT2D eigenvalue weighted by molar-refractivity contribution is 5.27. The summed E-state index contributed by atoms with van der Waals surface area (Å²) in [5, 5.41) is 9.58. The summed E-state index contributed by atoms with van der Waals surface area (Å²) < 4.78 is 0. The van der Waals surface area contributed by atoms with E-state index in [1.54, 1.807) is 5.57 Å². The maximum Gasteiger partial charge on any atom is 0.0572 e. The highest BCUT2D eigenvalue weighted by Gasteiger charge is 2.49. The summed E-state index contributed by atoms with van der Waals surface area (Å²) in [7, 11) is 0. The molecule has 1 heteroatoms. The predicted molar refractivity (Wildman–Crippen MR) is 65.9 cm³/mol. The zero-order chi connectivity index (χ0) is 11.3. The molecule has 1 nitrogen and oxygen atoms in total. The van der Waals surface area contributed by atoms with Gasteiger partial charge in [-0.15, -0.1) is 0 Å². The Bertz CT molecular complexity index is 339. The molecule has 1 N–H and O–H groups in total. The Kier molecular flexibility index (Phi) is 2.47. The zero-order valence-corrected chi connectivity index (χ0v) is 10.3. The summed E-state index contributed by atoms with van der Waals surface area (Å²) >= 11 is 0. The quantitative estimate of drug-likeness (QED) is 0.706. The van der Waals surface area contributed by atoms with Gasteiger partial charge in [0.1, 0.15) is 0 Å². The van der Waals surface area contributed by atoms with Crippen LogP contribution in [0.1, 0.15) is 33.1 Å². The lowest BCUT2D eigenvalue weighted by atomic mass is 9.78. The van der Waals surface area contributed by atoms with Crippen molar-refractivity contribution in [2.45, 2.75) is 39.2 Å². The van der Waals surface area contributed by atoms with E-state index < -0.39 is 0 Å². The van der Waals surface area contributed by atoms with Crippen molar-refractivity contribution in [1.29, 1.82) is 0 Å². The first-order chi connectivity index (χ1) is 7.66. The molecular formula is C15H22O. The van der Waals surface area contributed by atoms with Crippen LogP contribution < -0.4 is 0 Å². The Morgan fingerprint density at radius 2 is 2.25 bits per heavy atom. The second-order valence-electron chi connectivity index (χ2n) is 6.05. The number of fused-ring (bicyclic) bond motifs is 5. The Morgan fingerprint density at radius 1 is 1.44 bits per heavy atom. The van der Waals surface area contributed by atoms with Crippen LogP contribution >= 0.6 is 0 Å². The number of aliphatic hydroxyl groups is 1. The molecular weight excluding hydrogens is 196 g/mol. The normalized spacial score (nSPS) is 46.3. The Labute approximate surface area is 98.2 Å². The lowest BCUT2D eigenvalue weighted by Crippen LogP contribution is -2.20. The second-order valence-corrected chi connectivity index (χ2v) is 6.05. The number of hydrogen-bond acceptors (Lipinski definition) is 1. The van der Waals surface area contributed by atoms with Crippen molar-refractivity contribution in [2.24, 2.45) is 29.6 Å². The molecule has 0 aromatic heterocycles. The third-order valence-corrected chi connectivity index (χ3v) is 5.10. The molecule has 2 saturated carbocycles. The molecule has 0 radical (unpaired) electrons. The first kappa shape index (κ1) is 10.6. The third-order valence-electron chi connectivity index (χ3n) is 5.10. The standard InChI is InChI=1S/C15H22O/c1-9(10(2)16)6-11-7-12-8-15(11)14-5-3-4-13(12)14/h3,5-6,9-10,12-16H,4,7-8H2,1-2H3/b11-6+/t9-,10+,12-,13+,14+,15-/m1/s1. The molecule has 0 spiro atoms. The minimum atomic E-state index is -0.207. The fraction of sp³-hybridized carbons (Fsp3) is 0.733. The molecule has 88 valence electrons. The van der Waals surface area contributed by atoms with Crippen LogP contribution in [0.2, 0.25) is 0 Å². The van der Waals surface area contributed by atoms with Crippen LogP contribution in [0.3, 0.4) is 0 Å². The van der Waals surface area contributed by atoms with E-state index in [9.17, 15) is 5.11 Å². The van der Waals surface area contributed by atoms with E-state index in [-0.39, 0.29) is 6.10 Å². The molecule has 3 aliphatic carbocycles. The van der Waals surface area contributed by atoms with Crippen molar-refractivity contribution in [2.75, 3.05) is 0 Å². The summed E-state index contributed by atoms with van der Waals surface area (Å²) in [6.45, 7) is 4.03. The summed E-state index contributed by atoms with van der Waals surface area (Å²) in [6.07, 6.45) is 11.0. The number of allylic oxidation sites excluding steroid dienone is 3. The molecule has 2 fully saturated rings. The van der Waals surface area contributed by atoms with Crippen molar-refractivity contribution in [3.63, 3.8) is 0 Å². The minimum absolute atomic E-state index is 0.207. The first-order valence-corrected chi connectivity index (χ1v) is 6.72. The van der Waals surface area contributed by atoms with Gasteiger partial charge in [-0.1, -0.05) is 30.7 Å². The van der Waals surface area contributed by atoms with E-state index in [2.05, 4.69) is 25.2 Å². The van der Waals surface area contributed by atoms with Crippen LogP contribution in [0.25, 0.3) is 0 Å². The molecule has 2 bridgehead atoms. The van der Waals surface area contributed by atoms with E-state index in [1.807, 2.05) is 6.92 Å². The van der Waals surface area contributed by atoms with Crippen molar-refractivity contribution in [3.8, 4) is 0 Å². The Hall–Kier alpha value is -0.560. The summed E-state index contributed by atoms with van der Waals surface area (Å²) in [5.74, 6) is 3.88. The van der Waals surface area contributed by atoms with Crippen LogP contribution in [0, 0.1) is 29.6 Å². The third kappa shape index (κ3) is 1.48. The van der Waals surface area contributed by atoms with E-state index in [4.69, 9.17) is 0 Å². The first-order valence-electron chi connectivity index (χ1n) is 6.72. The summed E-state index contributed by atoms with van der Waals surface area (Å²) in [4.78, 5) is 0. The number of rotatable bonds is 2. The smallest absolute Gasteiger partial charge is 0.0572 e. The van der Waals surface area contributed by atoms with Crippen LogP contribution in [0.5, 0.6) is 0 Å². The number of hydrogen-bond donors (Lipinski definition) is 1. The van der Waals surface area contributed by atoms with Gasteiger partial charge in [0.25, 0.3) is 0 Å². The average Bonchev–Trinajstić information content (AvgIpc) is 2.87. The zero-order valence-electron chi connectivity index (χ0n) is 10.3. The van der Waals surface area contributed by atoms with Crippen molar-refractivity contribution in [3.05, 3.63) is 23.8 Å². The highest BCUT2D eigenvalue weighted by atomic mass is 16.3. The largest absolute Gasteiger partial charge is 0.393 e. The van der Waals surface area contributed by atoms with Gasteiger partial charge in [0, 0.05) is 0 Å². The topological polar surface area (TPSA) is 20.2 Å². The van der Waals surface area contributed by atoms with Crippen molar-refractivity contribution < 1.29 is 5.11 Å². The lowest BCUT2D eigenvalue weighted by Gasteiger charge is -2.27. The molecule has 6 atom stereocenters. The van der Waals surface area contributed by atoms with E-state index >= 15 is 0 Å². The van der Waals surface area contributed by atoms with Gasteiger partial charge in [0.2, 0.25) is 0 Å². The van der Waals surface area contributed by atoms with Crippen LogP contribution in [-0.2, 0) is 0 Å². The lowest BCUT2D eigenvalue weighted by molar-refractivity contribution is 0.156. The summed E-state index contributed by atoms with van der Waals surface area (Å²) in [5.41, 5.74) is 1.64. The molecule has 3 rings (SSSR count). The minimum Gasteiger partial charge on any atom is -0.393 e. The molecule has 3 aliphatic rings. The van der Waals surface area contributed by atoms with Gasteiger partial charge in [0.05, 0.1) is 6.10 Å². The van der Waals surface area contributed by atoms with E-state index in [1.165, 1.54) is 19.3 Å². The molecule has 0 unspecified atom stereocenters. The Morgan fingerprint density at radius 3 is 3.00 bits per heavy atom. The molecule has 16 heavy (non-hydrogen) atoms. The van der Waals surface area contributed by atoms with Crippen molar-refractivity contribution in [1.82, 2.24) is 0 Å². The van der Waals surface area contributed by atoms with Crippen LogP contribution in [0.4, 0.5) is 0 Å². The van der Waals surface area contributed by atoms with Gasteiger partial charge in [-0.2, -0.15) is 0 Å². The highest BCUT2D eigenvalue weighted by Crippen LogP contribution is 2.58. The van der Waals surface area contributed by atoms with Gasteiger partial charge < -0.3 is 5.11 Å². The fourth-order valence-electron chi connectivity index (χ4n) is 4.05. The maximum atomic E-state index is 9.58. The van der Waals surface area contributed by atoms with Gasteiger partial charge in [0.15, 0.2) is 0 Å². The van der Waals surface area contributed by atoms with E-state index in [0.717, 1.165) is 23.7 Å². The van der Waals surface area contributed by atoms with Gasteiger partial charge >= 0.3 is 0 Å². The predicted octanol–water partition coefficient (Wildman–Crippen LogP) is 3.16. The monoisotopic (exact) mass is 218 g/mol. The maximum absolute atomic E-state index is 9.58. The SMILES string of the molecule is C[C@H](O)[C@H](C)/C=C1\C[C@@H]2C[C@H]1[C@H]1C=CC[C@@H]21. The average molecular weight is 218 g/mol. The summed E-state index contributed by atoms with van der Waals surface area (Å²) in [6, 6.07) is 0. The molecule has 0 saturated heterocycles. The fourth-order valence-corrected chi connectivity index (χ4v) is 4.05. The van der Waals surface area contributed by atoms with Gasteiger partial charge in [-0.3, -0.25) is 0 Å². The molecule has 0 aromatic rings. The Balaban J connectivity index is 1.79. The molecule has 0 amide bonds. The van der Waals surface area contributed by atoms with Crippen LogP contribution in [-0.4, -0.2) is 11.2 Å². The molecule has 0 heterocycles. The van der Waals surface area contributed by atoms with Gasteiger partial charge in [-0.25, -0.2) is 0 Å². The molecule has 0 aromatic carbocycles. The molecule has 0 aliphatic heterocycles. The van der Waals surface area contributed by atoms with Gasteiger partial charge in [-0.05, 0) is 55.8 Å². The van der Waals surface area contributed by atoms with Crippen molar-refractivity contribution >= 4 is 0 Å².